The van der Waals surface area contributed by atoms with Crippen molar-refractivity contribution in [1.82, 2.24) is 0 Å². The summed E-state index contributed by atoms with van der Waals surface area (Å²) in [5.41, 5.74) is 1.87. The Morgan fingerprint density at radius 1 is 1.33 bits per heavy atom. The first kappa shape index (κ1) is 7.43. The molecule has 12 heavy (non-hydrogen) atoms. The molecule has 2 rings (SSSR count). The third kappa shape index (κ3) is 1.12. The first-order chi connectivity index (χ1) is 5.77. The summed E-state index contributed by atoms with van der Waals surface area (Å²) < 4.78 is 0. The molecular weight excluding hydrogens is 170 g/mol. The van der Waals surface area contributed by atoms with Gasteiger partial charge in [0.25, 0.3) is 5.24 Å². The number of anilines is 1. The second-order valence-corrected chi connectivity index (χ2v) is 3.55. The monoisotopic (exact) mass is 177 g/mol. The van der Waals surface area contributed by atoms with Crippen LogP contribution >= 0.6 is 11.8 Å². The van der Waals surface area contributed by atoms with E-state index in [2.05, 4.69) is 11.9 Å². The van der Waals surface area contributed by atoms with Crippen LogP contribution in [0.25, 0.3) is 4.91 Å². The van der Waals surface area contributed by atoms with Gasteiger partial charge in [0.1, 0.15) is 0 Å². The maximum Gasteiger partial charge on any atom is 0.288 e. The number of carbonyl (C=O) groups is 1. The predicted molar refractivity (Wildman–Crippen MR) is 52.1 cm³/mol. The molecule has 0 spiro atoms. The van der Waals surface area contributed by atoms with Crippen LogP contribution in [0.4, 0.5) is 10.5 Å². The number of hydrogen-bond acceptors (Lipinski definition) is 2. The number of hydrogen-bond donors (Lipinski definition) is 1. The van der Waals surface area contributed by atoms with Crippen molar-refractivity contribution in [2.45, 2.75) is 0 Å². The Hall–Kier alpha value is -1.22. The Bertz CT molecular complexity index is 359. The third-order valence-corrected chi connectivity index (χ3v) is 2.43. The number of para-hydroxylation sites is 1. The minimum Gasteiger partial charge on any atom is -0.316 e. The SMILES string of the molecule is C=C1SC(=O)Nc2ccccc21. The zero-order valence-electron chi connectivity index (χ0n) is 6.33. The van der Waals surface area contributed by atoms with Crippen molar-refractivity contribution in [2.24, 2.45) is 0 Å². The van der Waals surface area contributed by atoms with Gasteiger partial charge in [0, 0.05) is 16.2 Å². The Labute approximate surface area is 74.7 Å². The molecule has 1 amide bonds. The molecule has 0 atom stereocenters. The Morgan fingerprint density at radius 2 is 2.08 bits per heavy atom. The van der Waals surface area contributed by atoms with Gasteiger partial charge >= 0.3 is 0 Å². The van der Waals surface area contributed by atoms with Gasteiger partial charge in [0.05, 0.1) is 0 Å². The van der Waals surface area contributed by atoms with Gasteiger partial charge < -0.3 is 5.32 Å². The molecule has 0 bridgehead atoms. The summed E-state index contributed by atoms with van der Waals surface area (Å²) >= 11 is 1.14. The lowest BCUT2D eigenvalue weighted by molar-refractivity contribution is 0.270. The highest BCUT2D eigenvalue weighted by atomic mass is 32.2. The average molecular weight is 177 g/mol. The number of fused-ring (bicyclic) bond motifs is 1. The fourth-order valence-corrected chi connectivity index (χ4v) is 1.81. The number of nitrogens with one attached hydrogen (secondary N) is 1. The van der Waals surface area contributed by atoms with Gasteiger partial charge in [0.15, 0.2) is 0 Å². The highest BCUT2D eigenvalue weighted by molar-refractivity contribution is 8.21. The summed E-state index contributed by atoms with van der Waals surface area (Å²) in [5.74, 6) is 0. The largest absolute Gasteiger partial charge is 0.316 e. The van der Waals surface area contributed by atoms with Crippen molar-refractivity contribution in [1.29, 1.82) is 0 Å². The molecule has 1 aromatic rings. The predicted octanol–water partition coefficient (Wildman–Crippen LogP) is 2.94. The lowest BCUT2D eigenvalue weighted by atomic mass is 10.2. The van der Waals surface area contributed by atoms with Crippen LogP contribution in [0.15, 0.2) is 30.8 Å². The summed E-state index contributed by atoms with van der Waals surface area (Å²) in [7, 11) is 0. The lowest BCUT2D eigenvalue weighted by Crippen LogP contribution is -2.11. The molecule has 1 heterocycles. The molecule has 60 valence electrons. The molecule has 0 aromatic heterocycles. The Morgan fingerprint density at radius 3 is 2.92 bits per heavy atom. The van der Waals surface area contributed by atoms with E-state index in [9.17, 15) is 4.79 Å². The van der Waals surface area contributed by atoms with Crippen molar-refractivity contribution in [3.8, 4) is 0 Å². The van der Waals surface area contributed by atoms with Gasteiger partial charge in [-0.05, 0) is 17.8 Å². The molecule has 3 heteroatoms. The Balaban J connectivity index is 2.54. The highest BCUT2D eigenvalue weighted by Crippen LogP contribution is 2.36. The molecule has 0 saturated carbocycles. The van der Waals surface area contributed by atoms with Crippen LogP contribution in [0, 0.1) is 0 Å². The van der Waals surface area contributed by atoms with Crippen LogP contribution in [-0.2, 0) is 0 Å². The summed E-state index contributed by atoms with van der Waals surface area (Å²) in [5, 5.41) is 2.70. The van der Waals surface area contributed by atoms with Gasteiger partial charge in [-0.2, -0.15) is 0 Å². The van der Waals surface area contributed by atoms with Crippen LogP contribution in [0.2, 0.25) is 0 Å². The van der Waals surface area contributed by atoms with Crippen molar-refractivity contribution >= 4 is 27.6 Å². The van der Waals surface area contributed by atoms with E-state index in [1.54, 1.807) is 0 Å². The number of thioether (sulfide) groups is 1. The maximum atomic E-state index is 11.0. The zero-order chi connectivity index (χ0) is 8.55. The molecule has 1 N–H and O–H groups in total. The van der Waals surface area contributed by atoms with E-state index >= 15 is 0 Å². The number of amides is 1. The molecule has 0 radical (unpaired) electrons. The molecule has 0 unspecified atom stereocenters. The molecule has 0 saturated heterocycles. The fraction of sp³-hybridized carbons (Fsp3) is 0. The van der Waals surface area contributed by atoms with Gasteiger partial charge in [-0.15, -0.1) is 0 Å². The number of rotatable bonds is 0. The van der Waals surface area contributed by atoms with E-state index in [-0.39, 0.29) is 5.24 Å². The molecule has 1 aliphatic rings. The summed E-state index contributed by atoms with van der Waals surface area (Å²) in [6.45, 7) is 3.81. The average Bonchev–Trinajstić information content (AvgIpc) is 2.04. The minimum atomic E-state index is -0.0568. The summed E-state index contributed by atoms with van der Waals surface area (Å²) in [6.07, 6.45) is 0. The van der Waals surface area contributed by atoms with Crippen LogP contribution in [0.1, 0.15) is 5.56 Å². The normalized spacial score (nSPS) is 15.3. The maximum absolute atomic E-state index is 11.0. The molecular formula is C9H7NOS. The number of benzene rings is 1. The van der Waals surface area contributed by atoms with E-state index < -0.39 is 0 Å². The standard InChI is InChI=1S/C9H7NOS/c1-6-7-4-2-3-5-8(7)10-9(11)12-6/h2-5H,1H2,(H,10,11). The van der Waals surface area contributed by atoms with Crippen LogP contribution in [0.5, 0.6) is 0 Å². The van der Waals surface area contributed by atoms with E-state index in [1.807, 2.05) is 24.3 Å². The van der Waals surface area contributed by atoms with Crippen molar-refractivity contribution in [2.75, 3.05) is 5.32 Å². The third-order valence-electron chi connectivity index (χ3n) is 1.68. The van der Waals surface area contributed by atoms with Gasteiger partial charge in [-0.3, -0.25) is 4.79 Å². The fourth-order valence-electron chi connectivity index (χ4n) is 1.14. The Kier molecular flexibility index (Phi) is 1.66. The quantitative estimate of drug-likeness (QED) is 0.660. The first-order valence-corrected chi connectivity index (χ1v) is 4.36. The van der Waals surface area contributed by atoms with Gasteiger partial charge in [-0.25, -0.2) is 0 Å². The van der Waals surface area contributed by atoms with Crippen molar-refractivity contribution < 1.29 is 4.79 Å². The van der Waals surface area contributed by atoms with Gasteiger partial charge in [0.2, 0.25) is 0 Å². The van der Waals surface area contributed by atoms with Gasteiger partial charge in [-0.1, -0.05) is 24.8 Å². The van der Waals surface area contributed by atoms with E-state index in [1.165, 1.54) is 0 Å². The van der Waals surface area contributed by atoms with E-state index in [0.717, 1.165) is 27.9 Å². The summed E-state index contributed by atoms with van der Waals surface area (Å²) in [6, 6.07) is 7.65. The second kappa shape index (κ2) is 2.68. The van der Waals surface area contributed by atoms with Crippen molar-refractivity contribution in [3.05, 3.63) is 36.4 Å². The van der Waals surface area contributed by atoms with E-state index in [4.69, 9.17) is 0 Å². The van der Waals surface area contributed by atoms with Crippen LogP contribution in [-0.4, -0.2) is 5.24 Å². The zero-order valence-corrected chi connectivity index (χ0v) is 7.15. The first-order valence-electron chi connectivity index (χ1n) is 3.54. The topological polar surface area (TPSA) is 29.1 Å². The second-order valence-electron chi connectivity index (χ2n) is 2.48. The minimum absolute atomic E-state index is 0.0568. The number of carbonyl (C=O) groups excluding carboxylic acids is 1. The smallest absolute Gasteiger partial charge is 0.288 e. The van der Waals surface area contributed by atoms with Crippen LogP contribution < -0.4 is 5.32 Å². The molecule has 2 nitrogen and oxygen atoms in total. The van der Waals surface area contributed by atoms with E-state index in [0.29, 0.717) is 0 Å². The van der Waals surface area contributed by atoms with Crippen molar-refractivity contribution in [3.63, 3.8) is 0 Å². The molecule has 0 fully saturated rings. The molecule has 0 aliphatic carbocycles. The summed E-state index contributed by atoms with van der Waals surface area (Å²) in [4.78, 5) is 11.8. The molecule has 1 aliphatic heterocycles. The van der Waals surface area contributed by atoms with Crippen LogP contribution in [0.3, 0.4) is 0 Å². The molecule has 1 aromatic carbocycles. The highest BCUT2D eigenvalue weighted by Gasteiger charge is 2.17. The lowest BCUT2D eigenvalue weighted by Gasteiger charge is -2.16.